The molecular weight excluding hydrogens is 310 g/mol. The monoisotopic (exact) mass is 327 g/mol. The first-order valence-corrected chi connectivity index (χ1v) is 7.09. The first-order valence-electron chi connectivity index (χ1n) is 7.09. The number of benzene rings is 2. The fourth-order valence-corrected chi connectivity index (χ4v) is 2.28. The summed E-state index contributed by atoms with van der Waals surface area (Å²) in [5, 5.41) is 13.1. The lowest BCUT2D eigenvalue weighted by Crippen LogP contribution is -1.99. The number of aryl methyl sites for hydroxylation is 2. The van der Waals surface area contributed by atoms with E-state index in [1.807, 2.05) is 62.4 Å². The van der Waals surface area contributed by atoms with Gasteiger partial charge in [-0.1, -0.05) is 36.4 Å². The second-order valence-corrected chi connectivity index (χ2v) is 5.20. The molecule has 0 aliphatic rings. The van der Waals surface area contributed by atoms with Crippen LogP contribution in [0.5, 0.6) is 5.75 Å². The molecule has 0 amide bonds. The molecule has 1 aromatic heterocycles. The second-order valence-electron chi connectivity index (χ2n) is 5.20. The van der Waals surface area contributed by atoms with Crippen LogP contribution in [-0.2, 0) is 0 Å². The molecule has 0 bridgehead atoms. The highest BCUT2D eigenvalue weighted by Crippen LogP contribution is 2.28. The maximum atomic E-state index is 9.95. The van der Waals surface area contributed by atoms with Crippen molar-refractivity contribution in [3.8, 4) is 17.0 Å². The summed E-state index contributed by atoms with van der Waals surface area (Å²) < 4.78 is 0. The molecule has 5 heteroatoms. The van der Waals surface area contributed by atoms with Crippen molar-refractivity contribution in [3.63, 3.8) is 0 Å². The van der Waals surface area contributed by atoms with Crippen molar-refractivity contribution in [2.75, 3.05) is 5.32 Å². The molecule has 2 N–H and O–H groups in total. The topological polar surface area (TPSA) is 58.0 Å². The third kappa shape index (κ3) is 3.99. The molecule has 118 valence electrons. The standard InChI is InChI=1S/C18H17N3O.ClH/c1-12-8-9-17(22)16(10-12)21-18-11-15(19-13(2)20-18)14-6-4-3-5-7-14;/h3-11,22H,1-2H3,(H,19,20,21);1H. The Kier molecular flexibility index (Phi) is 5.19. The molecule has 1 heterocycles. The number of halogens is 1. The predicted molar refractivity (Wildman–Crippen MR) is 95.6 cm³/mol. The van der Waals surface area contributed by atoms with Crippen molar-refractivity contribution < 1.29 is 5.11 Å². The zero-order valence-corrected chi connectivity index (χ0v) is 13.8. The van der Waals surface area contributed by atoms with Gasteiger partial charge >= 0.3 is 0 Å². The summed E-state index contributed by atoms with van der Waals surface area (Å²) in [4.78, 5) is 8.86. The molecule has 0 aliphatic heterocycles. The smallest absolute Gasteiger partial charge is 0.139 e. The summed E-state index contributed by atoms with van der Waals surface area (Å²) in [7, 11) is 0. The zero-order chi connectivity index (χ0) is 15.5. The molecule has 0 radical (unpaired) electrons. The highest BCUT2D eigenvalue weighted by Gasteiger charge is 2.07. The van der Waals surface area contributed by atoms with Crippen LogP contribution < -0.4 is 5.32 Å². The molecule has 3 aromatic rings. The van der Waals surface area contributed by atoms with E-state index in [0.717, 1.165) is 16.8 Å². The minimum atomic E-state index is 0. The van der Waals surface area contributed by atoms with Crippen molar-refractivity contribution >= 4 is 23.9 Å². The van der Waals surface area contributed by atoms with Crippen molar-refractivity contribution in [2.45, 2.75) is 13.8 Å². The summed E-state index contributed by atoms with van der Waals surface area (Å²) in [5.41, 5.74) is 3.58. The van der Waals surface area contributed by atoms with E-state index in [2.05, 4.69) is 15.3 Å². The van der Waals surface area contributed by atoms with Crippen LogP contribution >= 0.6 is 12.4 Å². The maximum Gasteiger partial charge on any atom is 0.139 e. The fourth-order valence-electron chi connectivity index (χ4n) is 2.28. The molecule has 0 saturated carbocycles. The normalized spacial score (nSPS) is 10.0. The minimum Gasteiger partial charge on any atom is -0.506 e. The summed E-state index contributed by atoms with van der Waals surface area (Å²) in [5.74, 6) is 1.53. The van der Waals surface area contributed by atoms with E-state index in [9.17, 15) is 5.11 Å². The molecular formula is C18H18ClN3O. The quantitative estimate of drug-likeness (QED) is 0.688. The predicted octanol–water partition coefficient (Wildman–Crippen LogP) is 4.63. The number of anilines is 2. The van der Waals surface area contributed by atoms with Gasteiger partial charge in [-0.15, -0.1) is 12.4 Å². The third-order valence-electron chi connectivity index (χ3n) is 3.32. The van der Waals surface area contributed by atoms with Crippen molar-refractivity contribution in [3.05, 3.63) is 66.0 Å². The highest BCUT2D eigenvalue weighted by atomic mass is 35.5. The largest absolute Gasteiger partial charge is 0.506 e. The van der Waals surface area contributed by atoms with E-state index in [1.54, 1.807) is 6.07 Å². The lowest BCUT2D eigenvalue weighted by atomic mass is 10.1. The van der Waals surface area contributed by atoms with Crippen LogP contribution in [0.25, 0.3) is 11.3 Å². The zero-order valence-electron chi connectivity index (χ0n) is 12.9. The van der Waals surface area contributed by atoms with Gasteiger partial charge in [0.25, 0.3) is 0 Å². The SMILES string of the molecule is Cc1ccc(O)c(Nc2cc(-c3ccccc3)nc(C)n2)c1.Cl. The molecule has 0 saturated heterocycles. The molecule has 0 fully saturated rings. The Hall–Kier alpha value is -2.59. The Balaban J connectivity index is 0.00000192. The third-order valence-corrected chi connectivity index (χ3v) is 3.32. The van der Waals surface area contributed by atoms with Crippen molar-refractivity contribution in [2.24, 2.45) is 0 Å². The van der Waals surface area contributed by atoms with Gasteiger partial charge in [-0.2, -0.15) is 0 Å². The number of nitrogens with zero attached hydrogens (tertiary/aromatic N) is 2. The van der Waals surface area contributed by atoms with Gasteiger partial charge in [0.2, 0.25) is 0 Å². The number of hydrogen-bond acceptors (Lipinski definition) is 4. The van der Waals surface area contributed by atoms with Crippen LogP contribution in [0.1, 0.15) is 11.4 Å². The number of aromatic nitrogens is 2. The molecule has 2 aromatic carbocycles. The highest BCUT2D eigenvalue weighted by molar-refractivity contribution is 5.85. The lowest BCUT2D eigenvalue weighted by Gasteiger charge is -2.11. The van der Waals surface area contributed by atoms with Gasteiger partial charge in [-0.3, -0.25) is 0 Å². The second kappa shape index (κ2) is 7.11. The van der Waals surface area contributed by atoms with E-state index in [-0.39, 0.29) is 18.2 Å². The van der Waals surface area contributed by atoms with Gasteiger partial charge < -0.3 is 10.4 Å². The summed E-state index contributed by atoms with van der Waals surface area (Å²) in [6.07, 6.45) is 0. The van der Waals surface area contributed by atoms with E-state index >= 15 is 0 Å². The van der Waals surface area contributed by atoms with Gasteiger partial charge in [-0.05, 0) is 31.5 Å². The Morgan fingerprint density at radius 2 is 1.65 bits per heavy atom. The van der Waals surface area contributed by atoms with Crippen LogP contribution in [0.4, 0.5) is 11.5 Å². The molecule has 0 spiro atoms. The number of phenols is 1. The first kappa shape index (κ1) is 16.8. The van der Waals surface area contributed by atoms with Crippen LogP contribution in [-0.4, -0.2) is 15.1 Å². The molecule has 23 heavy (non-hydrogen) atoms. The molecule has 4 nitrogen and oxygen atoms in total. The summed E-state index contributed by atoms with van der Waals surface area (Å²) in [6.45, 7) is 3.83. The molecule has 3 rings (SSSR count). The average Bonchev–Trinajstić information content (AvgIpc) is 2.51. The van der Waals surface area contributed by atoms with Gasteiger partial charge in [-0.25, -0.2) is 9.97 Å². The number of nitrogens with one attached hydrogen (secondary N) is 1. The van der Waals surface area contributed by atoms with E-state index in [0.29, 0.717) is 17.3 Å². The van der Waals surface area contributed by atoms with Crippen LogP contribution in [0, 0.1) is 13.8 Å². The first-order chi connectivity index (χ1) is 10.6. The molecule has 0 aliphatic carbocycles. The van der Waals surface area contributed by atoms with Gasteiger partial charge in [0.1, 0.15) is 17.4 Å². The summed E-state index contributed by atoms with van der Waals surface area (Å²) >= 11 is 0. The van der Waals surface area contributed by atoms with Crippen LogP contribution in [0.2, 0.25) is 0 Å². The lowest BCUT2D eigenvalue weighted by molar-refractivity contribution is 0.477. The maximum absolute atomic E-state index is 9.95. The summed E-state index contributed by atoms with van der Waals surface area (Å²) in [6, 6.07) is 17.2. The minimum absolute atomic E-state index is 0. The van der Waals surface area contributed by atoms with Gasteiger partial charge in [0, 0.05) is 11.6 Å². The van der Waals surface area contributed by atoms with Crippen LogP contribution in [0.3, 0.4) is 0 Å². The Morgan fingerprint density at radius 1 is 0.913 bits per heavy atom. The number of aromatic hydroxyl groups is 1. The average molecular weight is 328 g/mol. The number of hydrogen-bond donors (Lipinski definition) is 2. The van der Waals surface area contributed by atoms with Crippen molar-refractivity contribution in [1.29, 1.82) is 0 Å². The van der Waals surface area contributed by atoms with Gasteiger partial charge in [0.15, 0.2) is 0 Å². The van der Waals surface area contributed by atoms with E-state index in [4.69, 9.17) is 0 Å². The number of phenolic OH excluding ortho intramolecular Hbond substituents is 1. The van der Waals surface area contributed by atoms with E-state index in [1.165, 1.54) is 0 Å². The Labute approximate surface area is 141 Å². The fraction of sp³-hybridized carbons (Fsp3) is 0.111. The van der Waals surface area contributed by atoms with Gasteiger partial charge in [0.05, 0.1) is 11.4 Å². The van der Waals surface area contributed by atoms with E-state index < -0.39 is 0 Å². The Bertz CT molecular complexity index is 807. The molecule has 0 unspecified atom stereocenters. The Morgan fingerprint density at radius 3 is 2.39 bits per heavy atom. The molecule has 0 atom stereocenters. The van der Waals surface area contributed by atoms with Crippen molar-refractivity contribution in [1.82, 2.24) is 9.97 Å². The number of rotatable bonds is 3. The van der Waals surface area contributed by atoms with Crippen LogP contribution in [0.15, 0.2) is 54.6 Å².